The van der Waals surface area contributed by atoms with Crippen LogP contribution in [0.1, 0.15) is 64.2 Å². The van der Waals surface area contributed by atoms with Crippen LogP contribution in [0.15, 0.2) is 24.3 Å². The third-order valence-electron chi connectivity index (χ3n) is 4.90. The minimum absolute atomic E-state index is 0.316. The topological polar surface area (TPSA) is 65.5 Å². The Morgan fingerprint density at radius 1 is 0.963 bits per heavy atom. The van der Waals surface area contributed by atoms with Crippen LogP contribution in [0.4, 0.5) is 0 Å². The Hall–Kier alpha value is -2.69. The molecule has 0 atom stereocenters. The van der Waals surface area contributed by atoms with Crippen LogP contribution in [-0.2, 0) is 22.3 Å². The van der Waals surface area contributed by atoms with E-state index < -0.39 is 0 Å². The lowest BCUT2D eigenvalue weighted by atomic mass is 9.88. The van der Waals surface area contributed by atoms with Crippen molar-refractivity contribution in [2.24, 2.45) is 0 Å². The third kappa shape index (κ3) is 3.87. The van der Waals surface area contributed by atoms with Gasteiger partial charge in [0.15, 0.2) is 0 Å². The highest BCUT2D eigenvalue weighted by molar-refractivity contribution is 5.98. The van der Waals surface area contributed by atoms with Gasteiger partial charge in [-0.05, 0) is 69.7 Å². The number of aromatic nitrogens is 1. The smallest absolute Gasteiger partial charge is 0.340 e. The Bertz CT molecular complexity index is 856. The summed E-state index contributed by atoms with van der Waals surface area (Å²) in [7, 11) is 0. The summed E-state index contributed by atoms with van der Waals surface area (Å²) in [5, 5.41) is 0. The lowest BCUT2D eigenvalue weighted by Gasteiger charge is -2.22. The van der Waals surface area contributed by atoms with Gasteiger partial charge >= 0.3 is 11.9 Å². The number of carbonyl (C=O) groups excluding carboxylic acids is 2. The average Bonchev–Trinajstić information content (AvgIpc) is 2.68. The molecule has 27 heavy (non-hydrogen) atoms. The van der Waals surface area contributed by atoms with Crippen molar-refractivity contribution in [3.8, 4) is 11.3 Å². The van der Waals surface area contributed by atoms with Gasteiger partial charge in [0, 0.05) is 11.3 Å². The van der Waals surface area contributed by atoms with Gasteiger partial charge in [0.25, 0.3) is 0 Å². The maximum Gasteiger partial charge on any atom is 0.340 e. The minimum atomic E-state index is -0.357. The first kappa shape index (κ1) is 19.1. The van der Waals surface area contributed by atoms with Crippen molar-refractivity contribution in [2.45, 2.75) is 46.5 Å². The van der Waals surface area contributed by atoms with Crippen LogP contribution in [0.25, 0.3) is 11.3 Å². The lowest BCUT2D eigenvalue weighted by Crippen LogP contribution is -2.16. The monoisotopic (exact) mass is 367 g/mol. The molecule has 0 fully saturated rings. The second-order valence-corrected chi connectivity index (χ2v) is 6.61. The summed E-state index contributed by atoms with van der Waals surface area (Å²) in [6.07, 6.45) is 4.10. The van der Waals surface area contributed by atoms with E-state index in [1.165, 1.54) is 5.56 Å². The highest BCUT2D eigenvalue weighted by Crippen LogP contribution is 2.32. The Balaban J connectivity index is 2.09. The molecule has 0 amide bonds. The zero-order valence-electron chi connectivity index (χ0n) is 16.1. The van der Waals surface area contributed by atoms with Crippen molar-refractivity contribution in [1.82, 2.24) is 4.98 Å². The zero-order valence-corrected chi connectivity index (χ0v) is 16.1. The molecule has 0 unspecified atom stereocenters. The zero-order chi connectivity index (χ0) is 19.4. The first-order valence-corrected chi connectivity index (χ1v) is 9.53. The number of aryl methyl sites for hydroxylation is 1. The highest BCUT2D eigenvalue weighted by atomic mass is 16.5. The van der Waals surface area contributed by atoms with Crippen LogP contribution >= 0.6 is 0 Å². The van der Waals surface area contributed by atoms with E-state index in [1.807, 2.05) is 19.1 Å². The van der Waals surface area contributed by atoms with E-state index in [0.717, 1.165) is 42.5 Å². The number of esters is 2. The number of hydrogen-bond acceptors (Lipinski definition) is 5. The van der Waals surface area contributed by atoms with Gasteiger partial charge in [0.2, 0.25) is 0 Å². The Morgan fingerprint density at radius 2 is 1.59 bits per heavy atom. The van der Waals surface area contributed by atoms with E-state index in [1.54, 1.807) is 26.0 Å². The van der Waals surface area contributed by atoms with E-state index in [9.17, 15) is 9.59 Å². The van der Waals surface area contributed by atoms with Crippen molar-refractivity contribution in [2.75, 3.05) is 13.2 Å². The molecule has 0 bridgehead atoms. The molecule has 0 aliphatic heterocycles. The molecular formula is C22H25NO4. The maximum atomic E-state index is 12.7. The van der Waals surface area contributed by atoms with Crippen LogP contribution in [-0.4, -0.2) is 30.1 Å². The Labute approximate surface area is 159 Å². The van der Waals surface area contributed by atoms with Crippen LogP contribution in [0.2, 0.25) is 0 Å². The molecule has 142 valence electrons. The second-order valence-electron chi connectivity index (χ2n) is 6.61. The number of carbonyl (C=O) groups is 2. The van der Waals surface area contributed by atoms with Crippen LogP contribution in [0.3, 0.4) is 0 Å². The van der Waals surface area contributed by atoms with E-state index in [0.29, 0.717) is 30.0 Å². The van der Waals surface area contributed by atoms with Crippen molar-refractivity contribution in [3.05, 3.63) is 52.2 Å². The van der Waals surface area contributed by atoms with E-state index in [-0.39, 0.29) is 11.9 Å². The normalized spacial score (nSPS) is 13.0. The number of hydrogen-bond donors (Lipinski definition) is 0. The molecule has 0 saturated heterocycles. The average molecular weight is 367 g/mol. The molecule has 5 nitrogen and oxygen atoms in total. The number of rotatable bonds is 5. The summed E-state index contributed by atoms with van der Waals surface area (Å²) in [6.45, 7) is 6.20. The predicted octanol–water partition coefficient (Wildman–Crippen LogP) is 4.29. The quantitative estimate of drug-likeness (QED) is 0.738. The van der Waals surface area contributed by atoms with Gasteiger partial charge in [0.1, 0.15) is 0 Å². The van der Waals surface area contributed by atoms with Gasteiger partial charge < -0.3 is 9.47 Å². The number of fused-ring (bicyclic) bond motifs is 1. The molecular weight excluding hydrogens is 342 g/mol. The van der Waals surface area contributed by atoms with Crippen LogP contribution < -0.4 is 0 Å². The van der Waals surface area contributed by atoms with E-state index >= 15 is 0 Å². The van der Waals surface area contributed by atoms with Gasteiger partial charge in [-0.25, -0.2) is 9.59 Å². The van der Waals surface area contributed by atoms with Crippen molar-refractivity contribution >= 4 is 11.9 Å². The summed E-state index contributed by atoms with van der Waals surface area (Å²) >= 11 is 0. The largest absolute Gasteiger partial charge is 0.462 e. The number of ether oxygens (including phenoxy) is 2. The summed E-state index contributed by atoms with van der Waals surface area (Å²) in [6, 6.07) is 7.04. The van der Waals surface area contributed by atoms with E-state index in [4.69, 9.17) is 14.5 Å². The molecule has 0 spiro atoms. The summed E-state index contributed by atoms with van der Waals surface area (Å²) in [4.78, 5) is 29.4. The van der Waals surface area contributed by atoms with Crippen molar-refractivity contribution in [3.63, 3.8) is 0 Å². The molecule has 0 radical (unpaired) electrons. The molecule has 5 heteroatoms. The van der Waals surface area contributed by atoms with Gasteiger partial charge in [-0.1, -0.05) is 12.1 Å². The molecule has 1 heterocycles. The highest BCUT2D eigenvalue weighted by Gasteiger charge is 2.25. The first-order chi connectivity index (χ1) is 13.1. The standard InChI is InChI=1S/C22H25NO4/c1-4-26-21(24)16-12-10-15(11-13-16)20-19(22(25)27-5-2)14(3)17-8-6-7-9-18(17)23-20/h10-13H,4-9H2,1-3H3. The fourth-order valence-corrected chi connectivity index (χ4v) is 3.58. The number of benzene rings is 1. The lowest BCUT2D eigenvalue weighted by molar-refractivity contribution is 0.0516. The summed E-state index contributed by atoms with van der Waals surface area (Å²) in [5.41, 5.74) is 5.63. The minimum Gasteiger partial charge on any atom is -0.462 e. The van der Waals surface area contributed by atoms with Crippen molar-refractivity contribution in [1.29, 1.82) is 0 Å². The van der Waals surface area contributed by atoms with Crippen LogP contribution in [0, 0.1) is 6.92 Å². The second kappa shape index (κ2) is 8.33. The van der Waals surface area contributed by atoms with Gasteiger partial charge in [-0.2, -0.15) is 0 Å². The molecule has 0 saturated carbocycles. The fourth-order valence-electron chi connectivity index (χ4n) is 3.58. The molecule has 1 aromatic carbocycles. The third-order valence-corrected chi connectivity index (χ3v) is 4.90. The molecule has 1 aliphatic rings. The van der Waals surface area contributed by atoms with Gasteiger partial charge in [0.05, 0.1) is 30.0 Å². The first-order valence-electron chi connectivity index (χ1n) is 9.53. The van der Waals surface area contributed by atoms with Crippen LogP contribution in [0.5, 0.6) is 0 Å². The summed E-state index contributed by atoms with van der Waals surface area (Å²) < 4.78 is 10.3. The Morgan fingerprint density at radius 3 is 2.26 bits per heavy atom. The van der Waals surface area contributed by atoms with Gasteiger partial charge in [-0.3, -0.25) is 4.98 Å². The molecule has 3 rings (SSSR count). The Kier molecular flexibility index (Phi) is 5.89. The predicted molar refractivity (Wildman–Crippen MR) is 103 cm³/mol. The molecule has 2 aromatic rings. The van der Waals surface area contributed by atoms with Gasteiger partial charge in [-0.15, -0.1) is 0 Å². The molecule has 1 aromatic heterocycles. The molecule has 0 N–H and O–H groups in total. The number of nitrogens with zero attached hydrogens (tertiary/aromatic N) is 1. The summed E-state index contributed by atoms with van der Waals surface area (Å²) in [5.74, 6) is -0.704. The fraction of sp³-hybridized carbons (Fsp3) is 0.409. The number of pyridine rings is 1. The molecule has 1 aliphatic carbocycles. The van der Waals surface area contributed by atoms with Crippen molar-refractivity contribution < 1.29 is 19.1 Å². The van der Waals surface area contributed by atoms with E-state index in [2.05, 4.69) is 0 Å². The maximum absolute atomic E-state index is 12.7. The SMILES string of the molecule is CCOC(=O)c1ccc(-c2nc3c(c(C)c2C(=O)OCC)CCCC3)cc1.